The number of rotatable bonds is 2. The zero-order valence-corrected chi connectivity index (χ0v) is 7.09. The van der Waals surface area contributed by atoms with Gasteiger partial charge < -0.3 is 5.73 Å². The van der Waals surface area contributed by atoms with Crippen molar-refractivity contribution in [3.05, 3.63) is 36.6 Å². The van der Waals surface area contributed by atoms with E-state index in [1.807, 2.05) is 19.9 Å². The zero-order valence-electron chi connectivity index (χ0n) is 7.09. The smallest absolute Gasteiger partial charge is 0.101 e. The minimum atomic E-state index is 0.366. The molecule has 0 rings (SSSR count). The zero-order chi connectivity index (χ0) is 9.28. The summed E-state index contributed by atoms with van der Waals surface area (Å²) in [6, 6.07) is 1.87. The second-order valence-corrected chi connectivity index (χ2v) is 1.39. The molecule has 2 heteroatoms. The Morgan fingerprint density at radius 1 is 1.36 bits per heavy atom. The Balaban J connectivity index is 0. The van der Waals surface area contributed by atoms with Crippen LogP contribution in [0.3, 0.4) is 0 Å². The summed E-state index contributed by atoms with van der Waals surface area (Å²) in [6.45, 7) is 10.8. The fourth-order valence-corrected chi connectivity index (χ4v) is 0.338. The monoisotopic (exact) mass is 150 g/mol. The third-order valence-electron chi connectivity index (χ3n) is 0.855. The molecule has 0 aliphatic heterocycles. The highest BCUT2D eigenvalue weighted by atomic mass is 14.6. The molecule has 0 aromatic heterocycles. The lowest BCUT2D eigenvalue weighted by Gasteiger charge is -1.90. The lowest BCUT2D eigenvalue weighted by atomic mass is 10.2. The third-order valence-corrected chi connectivity index (χ3v) is 0.855. The molecule has 2 nitrogen and oxygen atoms in total. The van der Waals surface area contributed by atoms with E-state index in [2.05, 4.69) is 13.2 Å². The Bertz CT molecular complexity index is 194. The predicted octanol–water partition coefficient (Wildman–Crippen LogP) is 2.12. The van der Waals surface area contributed by atoms with Gasteiger partial charge >= 0.3 is 0 Å². The summed E-state index contributed by atoms with van der Waals surface area (Å²) in [5.41, 5.74) is 6.04. The van der Waals surface area contributed by atoms with E-state index in [9.17, 15) is 0 Å². The van der Waals surface area contributed by atoms with E-state index in [0.29, 0.717) is 11.3 Å². The van der Waals surface area contributed by atoms with E-state index >= 15 is 0 Å². The van der Waals surface area contributed by atoms with Crippen molar-refractivity contribution < 1.29 is 0 Å². The second kappa shape index (κ2) is 8.51. The van der Waals surface area contributed by atoms with Gasteiger partial charge in [0.05, 0.1) is 5.57 Å². The Hall–Kier alpha value is -1.49. The highest BCUT2D eigenvalue weighted by Crippen LogP contribution is 1.97. The minimum Gasteiger partial charge on any atom is -0.398 e. The van der Waals surface area contributed by atoms with Gasteiger partial charge in [0.15, 0.2) is 0 Å². The molecule has 0 bridgehead atoms. The fraction of sp³-hybridized carbons (Fsp3) is 0.222. The average Bonchev–Trinajstić information content (AvgIpc) is 2.10. The molecule has 0 aromatic rings. The summed E-state index contributed by atoms with van der Waals surface area (Å²) < 4.78 is 0. The van der Waals surface area contributed by atoms with Crippen LogP contribution in [0.5, 0.6) is 0 Å². The highest BCUT2D eigenvalue weighted by Gasteiger charge is 1.90. The summed E-state index contributed by atoms with van der Waals surface area (Å²) >= 11 is 0. The van der Waals surface area contributed by atoms with Crippen molar-refractivity contribution in [2.45, 2.75) is 13.8 Å². The van der Waals surface area contributed by atoms with E-state index in [1.54, 1.807) is 0 Å². The fourth-order valence-electron chi connectivity index (χ4n) is 0.338. The molecule has 0 aliphatic rings. The molecule has 0 saturated heterocycles. The molecule has 0 unspecified atom stereocenters. The van der Waals surface area contributed by atoms with Gasteiger partial charge in [0.25, 0.3) is 0 Å². The van der Waals surface area contributed by atoms with Gasteiger partial charge in [0.2, 0.25) is 0 Å². The van der Waals surface area contributed by atoms with Crippen LogP contribution in [0, 0.1) is 11.3 Å². The Morgan fingerprint density at radius 3 is 1.91 bits per heavy atom. The SMILES string of the molecule is C=C/C(N)=C(/C#N)C=C.CC. The maximum atomic E-state index is 8.32. The predicted molar refractivity (Wildman–Crippen MR) is 48.6 cm³/mol. The molecule has 0 aromatic carbocycles. The van der Waals surface area contributed by atoms with E-state index in [-0.39, 0.29) is 0 Å². The summed E-state index contributed by atoms with van der Waals surface area (Å²) in [5, 5.41) is 8.32. The first-order valence-electron chi connectivity index (χ1n) is 3.41. The molecule has 0 aliphatic carbocycles. The quantitative estimate of drug-likeness (QED) is 0.484. The lowest BCUT2D eigenvalue weighted by Crippen LogP contribution is -1.95. The van der Waals surface area contributed by atoms with Crippen molar-refractivity contribution in [2.75, 3.05) is 0 Å². The molecule has 0 amide bonds. The van der Waals surface area contributed by atoms with Crippen LogP contribution >= 0.6 is 0 Å². The second-order valence-electron chi connectivity index (χ2n) is 1.39. The van der Waals surface area contributed by atoms with Crippen LogP contribution in [-0.2, 0) is 0 Å². The first-order valence-corrected chi connectivity index (χ1v) is 3.41. The van der Waals surface area contributed by atoms with Crippen LogP contribution in [0.15, 0.2) is 36.6 Å². The van der Waals surface area contributed by atoms with Gasteiger partial charge in [-0.3, -0.25) is 0 Å². The third kappa shape index (κ3) is 4.98. The Labute approximate surface area is 68.3 Å². The number of hydrogen-bond donors (Lipinski definition) is 1. The maximum Gasteiger partial charge on any atom is 0.101 e. The van der Waals surface area contributed by atoms with Gasteiger partial charge in [-0.2, -0.15) is 5.26 Å². The van der Waals surface area contributed by atoms with E-state index in [1.165, 1.54) is 12.2 Å². The molecule has 0 heterocycles. The minimum absolute atomic E-state index is 0.366. The van der Waals surface area contributed by atoms with Crippen molar-refractivity contribution in [1.29, 1.82) is 5.26 Å². The molecule has 0 fully saturated rings. The molecular formula is C9H14N2. The molecular weight excluding hydrogens is 136 g/mol. The van der Waals surface area contributed by atoms with Crippen LogP contribution in [0.1, 0.15) is 13.8 Å². The normalized spacial score (nSPS) is 9.55. The standard InChI is InChI=1S/C7H8N2.C2H6/c1-3-6(5-8)7(9)4-2;1-2/h3-4H,1-2,9H2;1-2H3/b7-6-;. The lowest BCUT2D eigenvalue weighted by molar-refractivity contribution is 1.37. The molecule has 0 spiro atoms. The van der Waals surface area contributed by atoms with Crippen molar-refractivity contribution >= 4 is 0 Å². The van der Waals surface area contributed by atoms with E-state index < -0.39 is 0 Å². The van der Waals surface area contributed by atoms with Gasteiger partial charge in [0, 0.05) is 5.70 Å². The molecule has 0 saturated carbocycles. The molecule has 60 valence electrons. The van der Waals surface area contributed by atoms with Crippen molar-refractivity contribution in [2.24, 2.45) is 5.73 Å². The van der Waals surface area contributed by atoms with Crippen LogP contribution in [0.4, 0.5) is 0 Å². The molecule has 0 atom stereocenters. The van der Waals surface area contributed by atoms with Crippen LogP contribution in [0.2, 0.25) is 0 Å². The highest BCUT2D eigenvalue weighted by molar-refractivity contribution is 5.39. The topological polar surface area (TPSA) is 49.8 Å². The summed E-state index contributed by atoms with van der Waals surface area (Å²) in [5.74, 6) is 0. The maximum absolute atomic E-state index is 8.32. The largest absolute Gasteiger partial charge is 0.398 e. The first kappa shape index (κ1) is 12.2. The summed E-state index contributed by atoms with van der Waals surface area (Å²) in [6.07, 6.45) is 2.82. The number of allylic oxidation sites excluding steroid dienone is 3. The summed E-state index contributed by atoms with van der Waals surface area (Å²) in [4.78, 5) is 0. The number of nitrogens with zero attached hydrogens (tertiary/aromatic N) is 1. The van der Waals surface area contributed by atoms with Crippen LogP contribution < -0.4 is 5.73 Å². The Morgan fingerprint density at radius 2 is 1.82 bits per heavy atom. The number of nitriles is 1. The van der Waals surface area contributed by atoms with Crippen molar-refractivity contribution in [3.8, 4) is 6.07 Å². The van der Waals surface area contributed by atoms with Gasteiger partial charge in [0.1, 0.15) is 6.07 Å². The van der Waals surface area contributed by atoms with Gasteiger partial charge in [-0.15, -0.1) is 0 Å². The van der Waals surface area contributed by atoms with Crippen molar-refractivity contribution in [3.63, 3.8) is 0 Å². The van der Waals surface area contributed by atoms with Gasteiger partial charge in [-0.1, -0.05) is 27.0 Å². The molecule has 2 N–H and O–H groups in total. The first-order chi connectivity index (χ1) is 5.26. The number of nitrogens with two attached hydrogens (primary N) is 1. The van der Waals surface area contributed by atoms with Crippen LogP contribution in [-0.4, -0.2) is 0 Å². The van der Waals surface area contributed by atoms with Crippen molar-refractivity contribution in [1.82, 2.24) is 0 Å². The Kier molecular flexibility index (Phi) is 9.45. The van der Waals surface area contributed by atoms with Gasteiger partial charge in [-0.05, 0) is 12.2 Å². The summed E-state index contributed by atoms with van der Waals surface area (Å²) in [7, 11) is 0. The number of hydrogen-bond acceptors (Lipinski definition) is 2. The van der Waals surface area contributed by atoms with E-state index in [0.717, 1.165) is 0 Å². The van der Waals surface area contributed by atoms with Crippen LogP contribution in [0.25, 0.3) is 0 Å². The molecule has 0 radical (unpaired) electrons. The molecule has 11 heavy (non-hydrogen) atoms. The average molecular weight is 150 g/mol. The van der Waals surface area contributed by atoms with E-state index in [4.69, 9.17) is 11.0 Å². The van der Waals surface area contributed by atoms with Gasteiger partial charge in [-0.25, -0.2) is 0 Å².